The Morgan fingerprint density at radius 2 is 2.36 bits per heavy atom. The fraction of sp³-hybridized carbons (Fsp3) is 0.100. The highest BCUT2D eigenvalue weighted by Gasteiger charge is 2.10. The maximum Gasteiger partial charge on any atom is 0.339 e. The topological polar surface area (TPSA) is 38.3 Å². The average molecular weight is 187 g/mol. The first-order chi connectivity index (χ1) is 6.72. The lowest BCUT2D eigenvalue weighted by atomic mass is 10.1. The molecule has 1 N–H and O–H groups in total. The van der Waals surface area contributed by atoms with E-state index in [0.29, 0.717) is 11.3 Å². The van der Waals surface area contributed by atoms with Crippen LogP contribution in [0.3, 0.4) is 0 Å². The zero-order valence-corrected chi connectivity index (χ0v) is 8.13. The molecule has 14 heavy (non-hydrogen) atoms. The van der Waals surface area contributed by atoms with E-state index in [2.05, 4.69) is 15.9 Å². The van der Waals surface area contributed by atoms with E-state index >= 15 is 0 Å². The van der Waals surface area contributed by atoms with E-state index in [-0.39, 0.29) is 5.97 Å². The molecule has 0 amide bonds. The monoisotopic (exact) mass is 187 g/mol. The van der Waals surface area contributed by atoms with Crippen LogP contribution in [-0.2, 0) is 4.74 Å². The molecular formula is C10H10BNO2. The second kappa shape index (κ2) is 4.38. The first-order valence-corrected chi connectivity index (χ1v) is 4.09. The van der Waals surface area contributed by atoms with Gasteiger partial charge in [-0.05, 0) is 18.2 Å². The normalized spacial score (nSPS) is 8.86. The lowest BCUT2D eigenvalue weighted by molar-refractivity contribution is 0.0602. The molecule has 0 saturated heterocycles. The van der Waals surface area contributed by atoms with Gasteiger partial charge in [-0.15, -0.1) is 6.42 Å². The third-order valence-electron chi connectivity index (χ3n) is 1.86. The molecule has 4 heteroatoms. The molecule has 0 spiro atoms. The fourth-order valence-corrected chi connectivity index (χ4v) is 1.13. The predicted octanol–water partition coefficient (Wildman–Crippen LogP) is 0.414. The molecule has 0 aliphatic rings. The molecule has 0 aliphatic heterocycles. The molecule has 0 aromatic heterocycles. The molecule has 0 aliphatic carbocycles. The third-order valence-corrected chi connectivity index (χ3v) is 1.86. The minimum atomic E-state index is -0.377. The number of benzene rings is 1. The van der Waals surface area contributed by atoms with Gasteiger partial charge in [-0.3, -0.25) is 0 Å². The van der Waals surface area contributed by atoms with E-state index in [1.165, 1.54) is 7.11 Å². The molecule has 0 saturated carbocycles. The lowest BCUT2D eigenvalue weighted by Crippen LogP contribution is -2.06. The minimum absolute atomic E-state index is 0.377. The number of carbonyl (C=O) groups is 1. The van der Waals surface area contributed by atoms with Crippen LogP contribution in [0.15, 0.2) is 18.2 Å². The Kier molecular flexibility index (Phi) is 3.19. The number of nitrogens with one attached hydrogen (secondary N) is 1. The van der Waals surface area contributed by atoms with Crippen molar-refractivity contribution >= 4 is 19.6 Å². The van der Waals surface area contributed by atoms with E-state index in [4.69, 9.17) is 6.42 Å². The Morgan fingerprint density at radius 1 is 1.64 bits per heavy atom. The SMILES string of the molecule is BNc1cc(C#C)ccc1C(=O)OC. The number of anilines is 1. The van der Waals surface area contributed by atoms with Gasteiger partial charge in [0.1, 0.15) is 0 Å². The van der Waals surface area contributed by atoms with Crippen molar-refractivity contribution in [1.29, 1.82) is 0 Å². The van der Waals surface area contributed by atoms with Crippen molar-refractivity contribution in [2.45, 2.75) is 0 Å². The van der Waals surface area contributed by atoms with Crippen LogP contribution in [-0.4, -0.2) is 21.1 Å². The number of ether oxygens (including phenoxy) is 1. The number of esters is 1. The summed E-state index contributed by atoms with van der Waals surface area (Å²) < 4.78 is 4.62. The predicted molar refractivity (Wildman–Crippen MR) is 57.9 cm³/mol. The van der Waals surface area contributed by atoms with Crippen LogP contribution in [0, 0.1) is 12.3 Å². The van der Waals surface area contributed by atoms with E-state index < -0.39 is 0 Å². The Labute approximate surface area is 83.9 Å². The Balaban J connectivity index is 3.19. The first kappa shape index (κ1) is 10.2. The van der Waals surface area contributed by atoms with Crippen molar-refractivity contribution in [3.05, 3.63) is 29.3 Å². The van der Waals surface area contributed by atoms with Crippen molar-refractivity contribution < 1.29 is 9.53 Å². The lowest BCUT2D eigenvalue weighted by Gasteiger charge is -2.07. The number of hydrogen-bond acceptors (Lipinski definition) is 3. The molecular weight excluding hydrogens is 177 g/mol. The summed E-state index contributed by atoms with van der Waals surface area (Å²) in [4.78, 5) is 11.3. The van der Waals surface area contributed by atoms with Gasteiger partial charge >= 0.3 is 5.97 Å². The van der Waals surface area contributed by atoms with Crippen LogP contribution < -0.4 is 5.23 Å². The summed E-state index contributed by atoms with van der Waals surface area (Å²) in [5.41, 5.74) is 1.88. The number of hydrogen-bond donors (Lipinski definition) is 1. The van der Waals surface area contributed by atoms with Crippen molar-refractivity contribution in [1.82, 2.24) is 0 Å². The van der Waals surface area contributed by atoms with Crippen molar-refractivity contribution in [2.24, 2.45) is 0 Å². The summed E-state index contributed by atoms with van der Waals surface area (Å²) in [5, 5.41) is 2.89. The van der Waals surface area contributed by atoms with Gasteiger partial charge < -0.3 is 9.96 Å². The van der Waals surface area contributed by atoms with Gasteiger partial charge in [0, 0.05) is 11.3 Å². The van der Waals surface area contributed by atoms with Crippen LogP contribution in [0.4, 0.5) is 5.69 Å². The molecule has 1 aromatic carbocycles. The second-order valence-electron chi connectivity index (χ2n) is 2.65. The van der Waals surface area contributed by atoms with E-state index in [1.54, 1.807) is 26.2 Å². The molecule has 0 heterocycles. The van der Waals surface area contributed by atoms with Crippen LogP contribution >= 0.6 is 0 Å². The summed E-state index contributed by atoms with van der Waals surface area (Å²) in [5.74, 6) is 2.12. The fourth-order valence-electron chi connectivity index (χ4n) is 1.13. The highest BCUT2D eigenvalue weighted by Crippen LogP contribution is 2.17. The molecule has 0 atom stereocenters. The number of methoxy groups -OCH3 is 1. The van der Waals surface area contributed by atoms with E-state index in [9.17, 15) is 4.79 Å². The van der Waals surface area contributed by atoms with Crippen molar-refractivity contribution in [2.75, 3.05) is 12.3 Å². The van der Waals surface area contributed by atoms with Gasteiger partial charge in [0.2, 0.25) is 7.98 Å². The Morgan fingerprint density at radius 3 is 2.86 bits per heavy atom. The molecule has 1 rings (SSSR count). The quantitative estimate of drug-likeness (QED) is 0.414. The number of rotatable bonds is 2. The molecule has 0 radical (unpaired) electrons. The van der Waals surface area contributed by atoms with Crippen molar-refractivity contribution in [3.63, 3.8) is 0 Å². The Bertz CT molecular complexity index is 396. The van der Waals surface area contributed by atoms with Gasteiger partial charge in [-0.2, -0.15) is 0 Å². The zero-order chi connectivity index (χ0) is 10.6. The summed E-state index contributed by atoms with van der Waals surface area (Å²) in [6, 6.07) is 5.08. The zero-order valence-electron chi connectivity index (χ0n) is 8.13. The molecule has 0 unspecified atom stereocenters. The third kappa shape index (κ3) is 1.88. The Hall–Kier alpha value is -1.89. The van der Waals surface area contributed by atoms with Crippen LogP contribution in [0.5, 0.6) is 0 Å². The average Bonchev–Trinajstić information content (AvgIpc) is 2.27. The largest absolute Gasteiger partial charge is 0.465 e. The maximum absolute atomic E-state index is 11.3. The smallest absolute Gasteiger partial charge is 0.339 e. The van der Waals surface area contributed by atoms with Gasteiger partial charge in [0.05, 0.1) is 12.7 Å². The first-order valence-electron chi connectivity index (χ1n) is 4.09. The van der Waals surface area contributed by atoms with Crippen LogP contribution in [0.2, 0.25) is 0 Å². The van der Waals surface area contributed by atoms with Crippen molar-refractivity contribution in [3.8, 4) is 12.3 Å². The second-order valence-corrected chi connectivity index (χ2v) is 2.65. The van der Waals surface area contributed by atoms with Gasteiger partial charge in [-0.1, -0.05) is 5.92 Å². The van der Waals surface area contributed by atoms with Crippen LogP contribution in [0.1, 0.15) is 15.9 Å². The highest BCUT2D eigenvalue weighted by atomic mass is 16.5. The summed E-state index contributed by atoms with van der Waals surface area (Å²) in [6.07, 6.45) is 5.24. The number of terminal acetylenes is 1. The van der Waals surface area contributed by atoms with Crippen LogP contribution in [0.25, 0.3) is 0 Å². The highest BCUT2D eigenvalue weighted by molar-refractivity contribution is 6.17. The minimum Gasteiger partial charge on any atom is -0.465 e. The molecule has 1 aromatic rings. The van der Waals surface area contributed by atoms with Gasteiger partial charge in [-0.25, -0.2) is 4.79 Å². The molecule has 0 bridgehead atoms. The van der Waals surface area contributed by atoms with Gasteiger partial charge in [0.25, 0.3) is 0 Å². The molecule has 70 valence electrons. The standard InChI is InChI=1S/C10H10BNO2/c1-3-7-4-5-8(10(13)14-2)9(6-7)12-11/h1,4-6,12H,11H2,2H3. The summed E-state index contributed by atoms with van der Waals surface area (Å²) >= 11 is 0. The van der Waals surface area contributed by atoms with Gasteiger partial charge in [0.15, 0.2) is 0 Å². The number of carbonyl (C=O) groups excluding carboxylic acids is 1. The maximum atomic E-state index is 11.3. The summed E-state index contributed by atoms with van der Waals surface area (Å²) in [7, 11) is 3.07. The summed E-state index contributed by atoms with van der Waals surface area (Å²) in [6.45, 7) is 0. The molecule has 0 fully saturated rings. The van der Waals surface area contributed by atoms with E-state index in [1.807, 2.05) is 0 Å². The molecule has 3 nitrogen and oxygen atoms in total. The van der Waals surface area contributed by atoms with E-state index in [0.717, 1.165) is 5.56 Å².